The van der Waals surface area contributed by atoms with Crippen LogP contribution in [0.5, 0.6) is 0 Å². The van der Waals surface area contributed by atoms with E-state index in [1.807, 2.05) is 14.1 Å². The van der Waals surface area contributed by atoms with Crippen LogP contribution in [-0.4, -0.2) is 48.5 Å². The van der Waals surface area contributed by atoms with Crippen molar-refractivity contribution in [2.24, 2.45) is 0 Å². The molecule has 2 unspecified atom stereocenters. The topological polar surface area (TPSA) is 35.6 Å². The van der Waals surface area contributed by atoms with Crippen molar-refractivity contribution in [2.45, 2.75) is 58.0 Å². The molecule has 0 aromatic rings. The average Bonchev–Trinajstić information content (AvgIpc) is 2.27. The quantitative estimate of drug-likeness (QED) is 0.743. The fourth-order valence-electron chi connectivity index (χ4n) is 2.40. The average molecular weight is 241 g/mol. The van der Waals surface area contributed by atoms with Crippen molar-refractivity contribution in [3.63, 3.8) is 0 Å². The highest BCUT2D eigenvalue weighted by Crippen LogP contribution is 2.20. The molecule has 0 radical (unpaired) electrons. The second kappa shape index (κ2) is 6.97. The Morgan fingerprint density at radius 3 is 2.41 bits per heavy atom. The van der Waals surface area contributed by atoms with E-state index in [0.29, 0.717) is 18.5 Å². The molecule has 0 saturated carbocycles. The van der Waals surface area contributed by atoms with Gasteiger partial charge in [0.1, 0.15) is 0 Å². The molecular formula is C13H27N3O. The molecule has 17 heavy (non-hydrogen) atoms. The van der Waals surface area contributed by atoms with E-state index in [2.05, 4.69) is 24.3 Å². The standard InChI is InChI=1S/C13H27N3O/c1-11-7-5-8-12(2)16(11)14-10-6-9-13(17)15(3)4/h11-12,14H,5-10H2,1-4H3. The van der Waals surface area contributed by atoms with Crippen molar-refractivity contribution in [1.29, 1.82) is 0 Å². The summed E-state index contributed by atoms with van der Waals surface area (Å²) in [5, 5.41) is 2.36. The van der Waals surface area contributed by atoms with Crippen LogP contribution in [0.4, 0.5) is 0 Å². The van der Waals surface area contributed by atoms with Crippen LogP contribution in [0.15, 0.2) is 0 Å². The number of rotatable bonds is 5. The largest absolute Gasteiger partial charge is 0.349 e. The third-order valence-electron chi connectivity index (χ3n) is 3.55. The van der Waals surface area contributed by atoms with Crippen molar-refractivity contribution in [2.75, 3.05) is 20.6 Å². The number of nitrogens with one attached hydrogen (secondary N) is 1. The van der Waals surface area contributed by atoms with Crippen LogP contribution in [0, 0.1) is 0 Å². The van der Waals surface area contributed by atoms with E-state index in [-0.39, 0.29) is 5.91 Å². The van der Waals surface area contributed by atoms with E-state index in [1.165, 1.54) is 19.3 Å². The fraction of sp³-hybridized carbons (Fsp3) is 0.923. The Hall–Kier alpha value is -0.610. The molecular weight excluding hydrogens is 214 g/mol. The van der Waals surface area contributed by atoms with Crippen molar-refractivity contribution in [3.05, 3.63) is 0 Å². The number of amides is 1. The lowest BCUT2D eigenvalue weighted by Gasteiger charge is -2.39. The lowest BCUT2D eigenvalue weighted by molar-refractivity contribution is -0.128. The van der Waals surface area contributed by atoms with Gasteiger partial charge in [-0.1, -0.05) is 6.42 Å². The van der Waals surface area contributed by atoms with E-state index < -0.39 is 0 Å². The molecule has 1 saturated heterocycles. The first-order valence-electron chi connectivity index (χ1n) is 6.74. The summed E-state index contributed by atoms with van der Waals surface area (Å²) in [4.78, 5) is 13.1. The van der Waals surface area contributed by atoms with Crippen molar-refractivity contribution >= 4 is 5.91 Å². The fourth-order valence-corrected chi connectivity index (χ4v) is 2.40. The molecule has 1 amide bonds. The molecule has 4 heteroatoms. The molecule has 1 fully saturated rings. The van der Waals surface area contributed by atoms with Gasteiger partial charge in [0.15, 0.2) is 0 Å². The van der Waals surface area contributed by atoms with Crippen LogP contribution in [0.2, 0.25) is 0 Å². The summed E-state index contributed by atoms with van der Waals surface area (Å²) in [6.07, 6.45) is 5.42. The minimum absolute atomic E-state index is 0.214. The molecule has 0 aliphatic carbocycles. The van der Waals surface area contributed by atoms with Crippen LogP contribution < -0.4 is 5.43 Å². The Morgan fingerprint density at radius 2 is 1.88 bits per heavy atom. The zero-order valence-electron chi connectivity index (χ0n) is 11.7. The SMILES string of the molecule is CC1CCCC(C)N1NCCCC(=O)N(C)C. The summed E-state index contributed by atoms with van der Waals surface area (Å²) in [5.74, 6) is 0.214. The Labute approximate surface area is 105 Å². The Morgan fingerprint density at radius 1 is 1.29 bits per heavy atom. The molecule has 1 aliphatic heterocycles. The van der Waals surface area contributed by atoms with Crippen molar-refractivity contribution in [1.82, 2.24) is 15.3 Å². The molecule has 0 spiro atoms. The number of piperidine rings is 1. The maximum absolute atomic E-state index is 11.4. The summed E-state index contributed by atoms with van der Waals surface area (Å²) >= 11 is 0. The number of carbonyl (C=O) groups is 1. The second-order valence-corrected chi connectivity index (χ2v) is 5.34. The first-order valence-corrected chi connectivity index (χ1v) is 6.74. The summed E-state index contributed by atoms with van der Waals surface area (Å²) in [5.41, 5.74) is 3.48. The summed E-state index contributed by atoms with van der Waals surface area (Å²) < 4.78 is 0. The normalized spacial score (nSPS) is 25.9. The molecule has 0 aromatic heterocycles. The number of carbonyl (C=O) groups excluding carboxylic acids is 1. The van der Waals surface area contributed by atoms with Gasteiger partial charge in [-0.25, -0.2) is 5.01 Å². The van der Waals surface area contributed by atoms with Crippen LogP contribution in [0.3, 0.4) is 0 Å². The van der Waals surface area contributed by atoms with Gasteiger partial charge in [-0.3, -0.25) is 10.2 Å². The van der Waals surface area contributed by atoms with Gasteiger partial charge < -0.3 is 4.90 Å². The zero-order valence-corrected chi connectivity index (χ0v) is 11.7. The molecule has 0 aromatic carbocycles. The lowest BCUT2D eigenvalue weighted by Crippen LogP contribution is -2.52. The van der Waals surface area contributed by atoms with Gasteiger partial charge in [-0.2, -0.15) is 0 Å². The predicted octanol–water partition coefficient (Wildman–Crippen LogP) is 1.62. The maximum atomic E-state index is 11.4. The van der Waals surface area contributed by atoms with E-state index in [0.717, 1.165) is 13.0 Å². The molecule has 1 aliphatic rings. The first-order chi connectivity index (χ1) is 8.02. The molecule has 1 heterocycles. The Kier molecular flexibility index (Phi) is 5.92. The highest BCUT2D eigenvalue weighted by Gasteiger charge is 2.23. The third-order valence-corrected chi connectivity index (χ3v) is 3.55. The predicted molar refractivity (Wildman–Crippen MR) is 70.5 cm³/mol. The van der Waals surface area contributed by atoms with Gasteiger partial charge in [-0.15, -0.1) is 0 Å². The van der Waals surface area contributed by atoms with Gasteiger partial charge in [0.2, 0.25) is 5.91 Å². The number of hydrazine groups is 1. The van der Waals surface area contributed by atoms with Crippen LogP contribution >= 0.6 is 0 Å². The maximum Gasteiger partial charge on any atom is 0.222 e. The monoisotopic (exact) mass is 241 g/mol. The summed E-state index contributed by atoms with van der Waals surface area (Å²) in [6, 6.07) is 1.23. The van der Waals surface area contributed by atoms with Crippen molar-refractivity contribution in [3.8, 4) is 0 Å². The van der Waals surface area contributed by atoms with Gasteiger partial charge in [-0.05, 0) is 33.1 Å². The Bertz CT molecular complexity index is 233. The van der Waals surface area contributed by atoms with Crippen LogP contribution in [0.1, 0.15) is 46.0 Å². The van der Waals surface area contributed by atoms with Gasteiger partial charge in [0.05, 0.1) is 0 Å². The van der Waals surface area contributed by atoms with Gasteiger partial charge in [0.25, 0.3) is 0 Å². The summed E-state index contributed by atoms with van der Waals surface area (Å²) in [6.45, 7) is 5.44. The minimum Gasteiger partial charge on any atom is -0.349 e. The van der Waals surface area contributed by atoms with Crippen molar-refractivity contribution < 1.29 is 4.79 Å². The number of hydrogen-bond donors (Lipinski definition) is 1. The zero-order chi connectivity index (χ0) is 12.8. The molecule has 2 atom stereocenters. The minimum atomic E-state index is 0.214. The van der Waals surface area contributed by atoms with Crippen LogP contribution in [-0.2, 0) is 4.79 Å². The molecule has 1 rings (SSSR count). The Balaban J connectivity index is 2.19. The highest BCUT2D eigenvalue weighted by atomic mass is 16.2. The summed E-state index contributed by atoms with van der Waals surface area (Å²) in [7, 11) is 3.62. The third kappa shape index (κ3) is 4.64. The lowest BCUT2D eigenvalue weighted by atomic mass is 10.00. The molecule has 1 N–H and O–H groups in total. The van der Waals surface area contributed by atoms with Gasteiger partial charge >= 0.3 is 0 Å². The number of nitrogens with zero attached hydrogens (tertiary/aromatic N) is 2. The van der Waals surface area contributed by atoms with E-state index in [9.17, 15) is 4.79 Å². The highest BCUT2D eigenvalue weighted by molar-refractivity contribution is 5.75. The first kappa shape index (κ1) is 14.5. The second-order valence-electron chi connectivity index (χ2n) is 5.34. The van der Waals surface area contributed by atoms with E-state index >= 15 is 0 Å². The molecule has 0 bridgehead atoms. The van der Waals surface area contributed by atoms with E-state index in [4.69, 9.17) is 0 Å². The van der Waals surface area contributed by atoms with Crippen LogP contribution in [0.25, 0.3) is 0 Å². The van der Waals surface area contributed by atoms with E-state index in [1.54, 1.807) is 4.90 Å². The molecule has 100 valence electrons. The number of hydrogen-bond acceptors (Lipinski definition) is 3. The van der Waals surface area contributed by atoms with Gasteiger partial charge in [0, 0.05) is 39.1 Å². The smallest absolute Gasteiger partial charge is 0.222 e. The molecule has 4 nitrogen and oxygen atoms in total.